The number of anilines is 1. The highest BCUT2D eigenvalue weighted by molar-refractivity contribution is 7.89. The summed E-state index contributed by atoms with van der Waals surface area (Å²) in [6.45, 7) is 6.33. The Bertz CT molecular complexity index is 1110. The molecular weight excluding hydrogens is 422 g/mol. The number of carbonyl (C=O) groups excluding carboxylic acids is 3. The van der Waals surface area contributed by atoms with Gasteiger partial charge in [0, 0.05) is 5.69 Å². The Labute approximate surface area is 181 Å². The van der Waals surface area contributed by atoms with Crippen LogP contribution in [-0.2, 0) is 24.3 Å². The van der Waals surface area contributed by atoms with Gasteiger partial charge in [-0.2, -0.15) is 0 Å². The van der Waals surface area contributed by atoms with E-state index < -0.39 is 33.9 Å². The first kappa shape index (κ1) is 24.0. The molecule has 9 nitrogen and oxygen atoms in total. The van der Waals surface area contributed by atoms with E-state index in [1.807, 2.05) is 32.0 Å². The number of primary sulfonamides is 1. The molecular formula is C21H25N3O6S. The molecule has 0 aliphatic carbocycles. The first-order chi connectivity index (χ1) is 14.4. The zero-order valence-electron chi connectivity index (χ0n) is 17.7. The van der Waals surface area contributed by atoms with Crippen molar-refractivity contribution in [2.75, 3.05) is 11.9 Å². The maximum absolute atomic E-state index is 12.4. The van der Waals surface area contributed by atoms with Crippen molar-refractivity contribution < 1.29 is 27.5 Å². The van der Waals surface area contributed by atoms with E-state index in [1.54, 1.807) is 6.92 Å². The van der Waals surface area contributed by atoms with Crippen molar-refractivity contribution in [3.05, 3.63) is 58.7 Å². The van der Waals surface area contributed by atoms with Gasteiger partial charge in [0.05, 0.1) is 17.0 Å². The lowest BCUT2D eigenvalue weighted by molar-refractivity contribution is -0.130. The fraction of sp³-hybridized carbons (Fsp3) is 0.286. The quantitative estimate of drug-likeness (QED) is 0.549. The summed E-state index contributed by atoms with van der Waals surface area (Å²) in [4.78, 5) is 36.5. The van der Waals surface area contributed by atoms with E-state index in [0.29, 0.717) is 11.3 Å². The van der Waals surface area contributed by atoms with Gasteiger partial charge in [-0.15, -0.1) is 0 Å². The number of hydrogen-bond donors (Lipinski definition) is 3. The van der Waals surface area contributed by atoms with Crippen molar-refractivity contribution in [3.8, 4) is 0 Å². The Morgan fingerprint density at radius 1 is 1.03 bits per heavy atom. The molecule has 2 aromatic rings. The van der Waals surface area contributed by atoms with E-state index in [2.05, 4.69) is 10.6 Å². The van der Waals surface area contributed by atoms with Crippen LogP contribution in [0.2, 0.25) is 0 Å². The van der Waals surface area contributed by atoms with E-state index in [1.165, 1.54) is 19.1 Å². The van der Waals surface area contributed by atoms with Crippen LogP contribution in [0.3, 0.4) is 0 Å². The number of hydrogen-bond acceptors (Lipinski definition) is 6. The molecule has 1 unspecified atom stereocenters. The minimum absolute atomic E-state index is 0.0288. The van der Waals surface area contributed by atoms with E-state index in [4.69, 9.17) is 9.88 Å². The van der Waals surface area contributed by atoms with Crippen LogP contribution in [0.25, 0.3) is 0 Å². The summed E-state index contributed by atoms with van der Waals surface area (Å²) in [5.74, 6) is -1.99. The van der Waals surface area contributed by atoms with Crippen molar-refractivity contribution in [2.24, 2.45) is 5.14 Å². The highest BCUT2D eigenvalue weighted by Gasteiger charge is 2.22. The smallest absolute Gasteiger partial charge is 0.339 e. The largest absolute Gasteiger partial charge is 0.449 e. The third-order valence-electron chi connectivity index (χ3n) is 4.58. The van der Waals surface area contributed by atoms with E-state index >= 15 is 0 Å². The summed E-state index contributed by atoms with van der Waals surface area (Å²) in [5, 5.41) is 10.2. The van der Waals surface area contributed by atoms with E-state index in [0.717, 1.165) is 17.2 Å². The molecule has 10 heteroatoms. The summed E-state index contributed by atoms with van der Waals surface area (Å²) in [5.41, 5.74) is 2.88. The van der Waals surface area contributed by atoms with Crippen molar-refractivity contribution in [1.82, 2.24) is 5.32 Å². The van der Waals surface area contributed by atoms with Gasteiger partial charge in [-0.3, -0.25) is 9.59 Å². The summed E-state index contributed by atoms with van der Waals surface area (Å²) < 4.78 is 28.1. The molecule has 2 rings (SSSR count). The first-order valence-corrected chi connectivity index (χ1v) is 10.9. The van der Waals surface area contributed by atoms with Gasteiger partial charge in [0.15, 0.2) is 6.10 Å². The maximum Gasteiger partial charge on any atom is 0.339 e. The Morgan fingerprint density at radius 3 is 2.23 bits per heavy atom. The second-order valence-electron chi connectivity index (χ2n) is 7.10. The molecule has 0 spiro atoms. The second-order valence-corrected chi connectivity index (χ2v) is 8.66. The number of rotatable bonds is 7. The number of sulfonamides is 1. The summed E-state index contributed by atoms with van der Waals surface area (Å²) in [7, 11) is -4.00. The molecule has 0 saturated carbocycles. The van der Waals surface area contributed by atoms with Gasteiger partial charge in [0.1, 0.15) is 0 Å². The Hall–Kier alpha value is -3.24. The molecule has 31 heavy (non-hydrogen) atoms. The predicted molar refractivity (Wildman–Crippen MR) is 115 cm³/mol. The maximum atomic E-state index is 12.4. The monoisotopic (exact) mass is 447 g/mol. The molecule has 0 bridgehead atoms. The number of ether oxygens (including phenoxy) is 1. The van der Waals surface area contributed by atoms with Crippen LogP contribution >= 0.6 is 0 Å². The molecule has 0 aliphatic heterocycles. The molecule has 166 valence electrons. The van der Waals surface area contributed by atoms with Gasteiger partial charge >= 0.3 is 5.97 Å². The predicted octanol–water partition coefficient (Wildman–Crippen LogP) is 1.56. The molecule has 1 atom stereocenters. The normalized spacial score (nSPS) is 12.0. The number of para-hydroxylation sites is 1. The topological polar surface area (TPSA) is 145 Å². The van der Waals surface area contributed by atoms with Gasteiger partial charge in [0.25, 0.3) is 5.91 Å². The minimum Gasteiger partial charge on any atom is -0.449 e. The number of amides is 2. The van der Waals surface area contributed by atoms with Gasteiger partial charge in [-0.25, -0.2) is 18.4 Å². The third kappa shape index (κ3) is 6.37. The van der Waals surface area contributed by atoms with Crippen LogP contribution in [0.15, 0.2) is 41.3 Å². The number of nitrogens with one attached hydrogen (secondary N) is 2. The fourth-order valence-corrected chi connectivity index (χ4v) is 3.32. The minimum atomic E-state index is -4.00. The molecule has 4 N–H and O–H groups in total. The van der Waals surface area contributed by atoms with Crippen LogP contribution in [-0.4, -0.2) is 38.9 Å². The average molecular weight is 448 g/mol. The third-order valence-corrected chi connectivity index (χ3v) is 5.49. The highest BCUT2D eigenvalue weighted by atomic mass is 32.2. The standard InChI is InChI=1S/C21H25N3O6S/c1-12-8-9-16(31(22,28)29)10-17(12)21(27)30-15(4)20(26)23-11-18(25)24-19-13(2)6-5-7-14(19)3/h5-10,15H,11H2,1-4H3,(H,23,26)(H,24,25)(H2,22,28,29). The molecule has 0 fully saturated rings. The number of aryl methyl sites for hydroxylation is 3. The van der Waals surface area contributed by atoms with Crippen molar-refractivity contribution in [3.63, 3.8) is 0 Å². The van der Waals surface area contributed by atoms with E-state index in [-0.39, 0.29) is 17.0 Å². The van der Waals surface area contributed by atoms with Gasteiger partial charge in [0.2, 0.25) is 15.9 Å². The molecule has 2 aromatic carbocycles. The molecule has 0 heterocycles. The Balaban J connectivity index is 1.97. The van der Waals surface area contributed by atoms with E-state index in [9.17, 15) is 22.8 Å². The Kier molecular flexibility index (Phi) is 7.53. The lowest BCUT2D eigenvalue weighted by Crippen LogP contribution is -2.40. The molecule has 0 aliphatic rings. The summed E-state index contributed by atoms with van der Waals surface area (Å²) in [6, 6.07) is 9.37. The van der Waals surface area contributed by atoms with Crippen molar-refractivity contribution in [1.29, 1.82) is 0 Å². The molecule has 2 amide bonds. The van der Waals surface area contributed by atoms with Crippen LogP contribution in [0, 0.1) is 20.8 Å². The molecule has 0 aromatic heterocycles. The zero-order chi connectivity index (χ0) is 23.3. The average Bonchev–Trinajstić information content (AvgIpc) is 2.68. The number of benzene rings is 2. The van der Waals surface area contributed by atoms with Crippen LogP contribution in [0.5, 0.6) is 0 Å². The van der Waals surface area contributed by atoms with Crippen molar-refractivity contribution >= 4 is 33.5 Å². The first-order valence-electron chi connectivity index (χ1n) is 9.38. The summed E-state index contributed by atoms with van der Waals surface area (Å²) in [6.07, 6.45) is -1.21. The highest BCUT2D eigenvalue weighted by Crippen LogP contribution is 2.19. The lowest BCUT2D eigenvalue weighted by Gasteiger charge is -2.15. The van der Waals surface area contributed by atoms with Crippen LogP contribution in [0.4, 0.5) is 5.69 Å². The molecule has 0 radical (unpaired) electrons. The van der Waals surface area contributed by atoms with Crippen molar-refractivity contribution in [2.45, 2.75) is 38.7 Å². The number of esters is 1. The number of carbonyl (C=O) groups is 3. The fourth-order valence-electron chi connectivity index (χ4n) is 2.78. The lowest BCUT2D eigenvalue weighted by atomic mass is 10.1. The Morgan fingerprint density at radius 2 is 1.65 bits per heavy atom. The van der Waals surface area contributed by atoms with Crippen LogP contribution < -0.4 is 15.8 Å². The second kappa shape index (κ2) is 9.71. The number of nitrogens with two attached hydrogens (primary N) is 1. The van der Waals surface area contributed by atoms with Gasteiger partial charge < -0.3 is 15.4 Å². The van der Waals surface area contributed by atoms with Crippen LogP contribution in [0.1, 0.15) is 34.0 Å². The SMILES string of the molecule is Cc1ccc(S(N)(=O)=O)cc1C(=O)OC(C)C(=O)NCC(=O)Nc1c(C)cccc1C. The molecule has 0 saturated heterocycles. The van der Waals surface area contributed by atoms with Gasteiger partial charge in [-0.1, -0.05) is 24.3 Å². The summed E-state index contributed by atoms with van der Waals surface area (Å²) >= 11 is 0. The zero-order valence-corrected chi connectivity index (χ0v) is 18.5. The van der Waals surface area contributed by atoms with Gasteiger partial charge in [-0.05, 0) is 56.5 Å².